The van der Waals surface area contributed by atoms with E-state index in [4.69, 9.17) is 16.3 Å². The summed E-state index contributed by atoms with van der Waals surface area (Å²) in [7, 11) is 1.64. The van der Waals surface area contributed by atoms with E-state index in [2.05, 4.69) is 4.98 Å². The molecule has 0 spiro atoms. The fourth-order valence-corrected chi connectivity index (χ4v) is 3.86. The average molecular weight is 404 g/mol. The molecule has 3 heterocycles. The highest BCUT2D eigenvalue weighted by atomic mass is 35.5. The molecule has 0 N–H and O–H groups in total. The summed E-state index contributed by atoms with van der Waals surface area (Å²) in [5, 5.41) is 0.678. The van der Waals surface area contributed by atoms with Crippen LogP contribution in [0.15, 0.2) is 27.8 Å². The molecule has 1 aliphatic rings. The van der Waals surface area contributed by atoms with Gasteiger partial charge in [0.15, 0.2) is 11.2 Å². The molecule has 0 saturated heterocycles. The third-order valence-electron chi connectivity index (χ3n) is 5.19. The number of imidazole rings is 1. The fraction of sp³-hybridized carbons (Fsp3) is 0.421. The molecule has 148 valence electrons. The minimum absolute atomic E-state index is 0.215. The summed E-state index contributed by atoms with van der Waals surface area (Å²) in [6, 6.07) is 5.72. The van der Waals surface area contributed by atoms with Gasteiger partial charge in [0.05, 0.1) is 13.2 Å². The van der Waals surface area contributed by atoms with Crippen molar-refractivity contribution in [3.05, 3.63) is 49.6 Å². The van der Waals surface area contributed by atoms with E-state index in [1.165, 1.54) is 9.13 Å². The summed E-state index contributed by atoms with van der Waals surface area (Å²) in [5.41, 5.74) is 2.01. The van der Waals surface area contributed by atoms with Gasteiger partial charge < -0.3 is 14.2 Å². The predicted molar refractivity (Wildman–Crippen MR) is 109 cm³/mol. The Morgan fingerprint density at radius 2 is 2.04 bits per heavy atom. The van der Waals surface area contributed by atoms with Gasteiger partial charge in [-0.15, -0.1) is 0 Å². The normalized spacial score (nSPS) is 13.5. The third kappa shape index (κ3) is 2.75. The van der Waals surface area contributed by atoms with Crippen molar-refractivity contribution in [1.29, 1.82) is 0 Å². The van der Waals surface area contributed by atoms with Crippen molar-refractivity contribution in [1.82, 2.24) is 18.7 Å². The van der Waals surface area contributed by atoms with E-state index in [0.717, 1.165) is 11.3 Å². The second-order valence-electron chi connectivity index (χ2n) is 6.77. The Hall–Kier alpha value is -2.58. The first kappa shape index (κ1) is 18.8. The smallest absolute Gasteiger partial charge is 0.332 e. The summed E-state index contributed by atoms with van der Waals surface area (Å²) in [6.07, 6.45) is 0. The van der Waals surface area contributed by atoms with E-state index in [0.29, 0.717) is 48.4 Å². The highest BCUT2D eigenvalue weighted by Gasteiger charge is 2.29. The maximum Gasteiger partial charge on any atom is 0.332 e. The van der Waals surface area contributed by atoms with Gasteiger partial charge in [-0.1, -0.05) is 17.7 Å². The molecule has 0 fully saturated rings. The summed E-state index contributed by atoms with van der Waals surface area (Å²) < 4.78 is 9.86. The summed E-state index contributed by atoms with van der Waals surface area (Å²) in [4.78, 5) is 32.4. The number of rotatable bonds is 5. The molecule has 8 nitrogen and oxygen atoms in total. The Kier molecular flexibility index (Phi) is 4.76. The number of aryl methyl sites for hydroxylation is 1. The van der Waals surface area contributed by atoms with Gasteiger partial charge in [0, 0.05) is 37.5 Å². The lowest BCUT2D eigenvalue weighted by Crippen LogP contribution is -2.40. The standard InChI is InChI=1S/C19H22ClN5O3/c1-4-28-11-10-25-17(26)15-16(22(3)19(25)27)21-18-23(8-9-24(15)18)14-7-5-6-13(20)12(14)2/h5-7H,4,8-11H2,1-3H3. The van der Waals surface area contributed by atoms with Crippen molar-refractivity contribution < 1.29 is 4.74 Å². The number of hydrogen-bond acceptors (Lipinski definition) is 5. The molecule has 0 saturated carbocycles. The third-order valence-corrected chi connectivity index (χ3v) is 5.60. The first-order valence-electron chi connectivity index (χ1n) is 9.26. The molecular formula is C19H22ClN5O3. The number of fused-ring (bicyclic) bond motifs is 3. The van der Waals surface area contributed by atoms with Crippen LogP contribution in [0.4, 0.5) is 11.6 Å². The van der Waals surface area contributed by atoms with Gasteiger partial charge in [-0.3, -0.25) is 13.9 Å². The van der Waals surface area contributed by atoms with Gasteiger partial charge in [-0.2, -0.15) is 4.98 Å². The fourth-order valence-electron chi connectivity index (χ4n) is 3.69. The minimum atomic E-state index is -0.389. The van der Waals surface area contributed by atoms with Crippen LogP contribution in [0.2, 0.25) is 5.02 Å². The molecular weight excluding hydrogens is 382 g/mol. The molecule has 1 aliphatic heterocycles. The number of aromatic nitrogens is 4. The van der Waals surface area contributed by atoms with Crippen molar-refractivity contribution in [2.45, 2.75) is 26.9 Å². The van der Waals surface area contributed by atoms with E-state index in [1.54, 1.807) is 7.05 Å². The van der Waals surface area contributed by atoms with E-state index in [1.807, 2.05) is 41.5 Å². The number of benzene rings is 1. The van der Waals surface area contributed by atoms with Crippen LogP contribution in [0, 0.1) is 6.92 Å². The molecule has 4 rings (SSSR count). The van der Waals surface area contributed by atoms with Crippen LogP contribution in [0.1, 0.15) is 12.5 Å². The Morgan fingerprint density at radius 3 is 2.79 bits per heavy atom. The molecule has 28 heavy (non-hydrogen) atoms. The Balaban J connectivity index is 1.89. The van der Waals surface area contributed by atoms with E-state index < -0.39 is 0 Å². The first-order chi connectivity index (χ1) is 13.5. The summed E-state index contributed by atoms with van der Waals surface area (Å²) >= 11 is 6.29. The van der Waals surface area contributed by atoms with Gasteiger partial charge in [0.2, 0.25) is 5.95 Å². The van der Waals surface area contributed by atoms with Crippen LogP contribution in [0.25, 0.3) is 11.2 Å². The SMILES string of the molecule is CCOCCn1c(=O)c2c(nc3n2CCN3c2cccc(Cl)c2C)n(C)c1=O. The molecule has 0 amide bonds. The molecule has 3 aromatic rings. The van der Waals surface area contributed by atoms with Crippen LogP contribution in [-0.2, 0) is 24.9 Å². The lowest BCUT2D eigenvalue weighted by atomic mass is 10.2. The van der Waals surface area contributed by atoms with Crippen molar-refractivity contribution in [3.63, 3.8) is 0 Å². The average Bonchev–Trinajstić information content (AvgIpc) is 3.24. The Labute approximate surface area is 166 Å². The molecule has 0 unspecified atom stereocenters. The zero-order valence-electron chi connectivity index (χ0n) is 16.1. The van der Waals surface area contributed by atoms with Gasteiger partial charge in [0.25, 0.3) is 5.56 Å². The lowest BCUT2D eigenvalue weighted by Gasteiger charge is -2.19. The van der Waals surface area contributed by atoms with Crippen LogP contribution in [0.3, 0.4) is 0 Å². The number of anilines is 2. The molecule has 0 atom stereocenters. The van der Waals surface area contributed by atoms with Gasteiger partial charge in [-0.05, 0) is 31.5 Å². The van der Waals surface area contributed by atoms with Crippen molar-refractivity contribution in [2.24, 2.45) is 7.05 Å². The largest absolute Gasteiger partial charge is 0.380 e. The van der Waals surface area contributed by atoms with Crippen LogP contribution in [0.5, 0.6) is 0 Å². The van der Waals surface area contributed by atoms with Crippen molar-refractivity contribution in [3.8, 4) is 0 Å². The second-order valence-corrected chi connectivity index (χ2v) is 7.17. The number of hydrogen-bond donors (Lipinski definition) is 0. The molecule has 0 bridgehead atoms. The monoisotopic (exact) mass is 403 g/mol. The van der Waals surface area contributed by atoms with Gasteiger partial charge in [-0.25, -0.2) is 4.79 Å². The highest BCUT2D eigenvalue weighted by molar-refractivity contribution is 6.31. The molecule has 0 radical (unpaired) electrons. The Bertz CT molecular complexity index is 1180. The van der Waals surface area contributed by atoms with Crippen molar-refractivity contribution >= 4 is 34.4 Å². The zero-order chi connectivity index (χ0) is 20.0. The van der Waals surface area contributed by atoms with Crippen LogP contribution < -0.4 is 16.1 Å². The number of nitrogens with zero attached hydrogens (tertiary/aromatic N) is 5. The summed E-state index contributed by atoms with van der Waals surface area (Å²) in [5.74, 6) is 0.648. The van der Waals surface area contributed by atoms with Gasteiger partial charge in [0.1, 0.15) is 0 Å². The topological polar surface area (TPSA) is 74.3 Å². The van der Waals surface area contributed by atoms with Crippen LogP contribution in [-0.4, -0.2) is 38.4 Å². The lowest BCUT2D eigenvalue weighted by molar-refractivity contribution is 0.137. The second kappa shape index (κ2) is 7.10. The van der Waals surface area contributed by atoms with Crippen molar-refractivity contribution in [2.75, 3.05) is 24.7 Å². The van der Waals surface area contributed by atoms with E-state index in [-0.39, 0.29) is 17.8 Å². The minimum Gasteiger partial charge on any atom is -0.380 e. The van der Waals surface area contributed by atoms with Gasteiger partial charge >= 0.3 is 5.69 Å². The first-order valence-corrected chi connectivity index (χ1v) is 9.64. The number of halogens is 1. The zero-order valence-corrected chi connectivity index (χ0v) is 16.9. The molecule has 1 aromatic carbocycles. The van der Waals surface area contributed by atoms with E-state index >= 15 is 0 Å². The highest BCUT2D eigenvalue weighted by Crippen LogP contribution is 2.35. The maximum absolute atomic E-state index is 13.1. The van der Waals surface area contributed by atoms with Crippen LogP contribution >= 0.6 is 11.6 Å². The van der Waals surface area contributed by atoms with E-state index in [9.17, 15) is 9.59 Å². The number of ether oxygens (including phenoxy) is 1. The maximum atomic E-state index is 13.1. The predicted octanol–water partition coefficient (Wildman–Crippen LogP) is 2.05. The quantitative estimate of drug-likeness (QED) is 0.609. The Morgan fingerprint density at radius 1 is 1.25 bits per heavy atom. The molecule has 0 aliphatic carbocycles. The molecule has 2 aromatic heterocycles. The molecule has 9 heteroatoms. The summed E-state index contributed by atoms with van der Waals surface area (Å²) in [6.45, 7) is 6.18.